The van der Waals surface area contributed by atoms with Crippen LogP contribution in [0.15, 0.2) is 65.4 Å². The molecular weight excluding hydrogens is 556 g/mol. The van der Waals surface area contributed by atoms with Crippen LogP contribution in [0.1, 0.15) is 32.2 Å². The number of hydrogen-bond acceptors (Lipinski definition) is 10. The van der Waals surface area contributed by atoms with Crippen LogP contribution in [0.2, 0.25) is 0 Å². The maximum absolute atomic E-state index is 12.7. The number of nitrogens with one attached hydrogen (secondary N) is 1. The Hall–Kier alpha value is -4.81. The Bertz CT molecular complexity index is 1740. The standard InChI is InChI=1S/C32H38N10O2/c1-32(2,3)26-18-23(39-44-26)19-27(43)37-22-6-10-25(11-7-22)42-31-28(30(34)35-20-36-31)29(38-42)21-4-8-24(9-5-21)41-16-14-40(13-12-33)15-17-41/h4-11,18,20H,12-17,19,33H2,1-3H3,(H,37,43)(H2,34,35,36). The van der Waals surface area contributed by atoms with E-state index in [9.17, 15) is 4.79 Å². The van der Waals surface area contributed by atoms with Crippen molar-refractivity contribution < 1.29 is 9.32 Å². The summed E-state index contributed by atoms with van der Waals surface area (Å²) < 4.78 is 7.15. The maximum Gasteiger partial charge on any atom is 0.230 e. The third-order valence-electron chi connectivity index (χ3n) is 7.85. The Morgan fingerprint density at radius 2 is 1.68 bits per heavy atom. The van der Waals surface area contributed by atoms with Crippen molar-refractivity contribution in [3.05, 3.63) is 72.4 Å². The smallest absolute Gasteiger partial charge is 0.230 e. The molecule has 1 aliphatic heterocycles. The van der Waals surface area contributed by atoms with Crippen LogP contribution in [0, 0.1) is 0 Å². The summed E-state index contributed by atoms with van der Waals surface area (Å²) in [4.78, 5) is 26.2. The number of benzene rings is 2. The van der Waals surface area contributed by atoms with Crippen molar-refractivity contribution in [3.8, 4) is 16.9 Å². The van der Waals surface area contributed by atoms with Crippen LogP contribution in [-0.4, -0.2) is 75.0 Å². The highest BCUT2D eigenvalue weighted by atomic mass is 16.5. The van der Waals surface area contributed by atoms with Crippen LogP contribution >= 0.6 is 0 Å². The van der Waals surface area contributed by atoms with Crippen molar-refractivity contribution >= 4 is 34.1 Å². The second-order valence-electron chi connectivity index (χ2n) is 12.1. The molecule has 0 saturated carbocycles. The molecule has 228 valence electrons. The van der Waals surface area contributed by atoms with Gasteiger partial charge in [-0.25, -0.2) is 14.6 Å². The first-order valence-electron chi connectivity index (χ1n) is 14.8. The predicted octanol–water partition coefficient (Wildman–Crippen LogP) is 3.61. The molecule has 4 heterocycles. The van der Waals surface area contributed by atoms with Crippen LogP contribution in [0.25, 0.3) is 28.0 Å². The summed E-state index contributed by atoms with van der Waals surface area (Å²) in [6.07, 6.45) is 1.56. The van der Waals surface area contributed by atoms with Gasteiger partial charge in [-0.15, -0.1) is 0 Å². The van der Waals surface area contributed by atoms with Gasteiger partial charge in [0.25, 0.3) is 0 Å². The van der Waals surface area contributed by atoms with Gasteiger partial charge in [-0.2, -0.15) is 5.10 Å². The number of nitrogen functional groups attached to an aromatic ring is 1. The van der Waals surface area contributed by atoms with E-state index in [2.05, 4.69) is 54.5 Å². The van der Waals surface area contributed by atoms with E-state index in [4.69, 9.17) is 21.1 Å². The summed E-state index contributed by atoms with van der Waals surface area (Å²) in [6, 6.07) is 17.6. The molecule has 12 heteroatoms. The van der Waals surface area contributed by atoms with E-state index in [-0.39, 0.29) is 17.7 Å². The zero-order valence-electron chi connectivity index (χ0n) is 25.3. The van der Waals surface area contributed by atoms with Crippen molar-refractivity contribution in [3.63, 3.8) is 0 Å². The number of carbonyl (C=O) groups is 1. The Balaban J connectivity index is 1.19. The maximum atomic E-state index is 12.7. The molecule has 5 aromatic rings. The highest BCUT2D eigenvalue weighted by Crippen LogP contribution is 2.33. The van der Waals surface area contributed by atoms with Gasteiger partial charge in [-0.05, 0) is 36.4 Å². The fourth-order valence-corrected chi connectivity index (χ4v) is 5.40. The lowest BCUT2D eigenvalue weighted by molar-refractivity contribution is -0.115. The number of piperazine rings is 1. The normalized spacial score (nSPS) is 14.3. The first-order chi connectivity index (χ1) is 21.2. The average molecular weight is 595 g/mol. The molecule has 0 radical (unpaired) electrons. The van der Waals surface area contributed by atoms with Gasteiger partial charge in [0.15, 0.2) is 5.65 Å². The van der Waals surface area contributed by atoms with Crippen LogP contribution < -0.4 is 21.7 Å². The van der Waals surface area contributed by atoms with Gasteiger partial charge in [0.1, 0.15) is 23.6 Å². The van der Waals surface area contributed by atoms with E-state index in [0.29, 0.717) is 40.5 Å². The van der Waals surface area contributed by atoms with Crippen LogP contribution in [0.4, 0.5) is 17.2 Å². The zero-order chi connectivity index (χ0) is 30.8. The fraction of sp³-hybridized carbons (Fsp3) is 0.344. The van der Waals surface area contributed by atoms with Gasteiger partial charge in [-0.3, -0.25) is 9.69 Å². The first-order valence-corrected chi connectivity index (χ1v) is 14.8. The quantitative estimate of drug-likeness (QED) is 0.242. The van der Waals surface area contributed by atoms with Gasteiger partial charge < -0.3 is 26.2 Å². The highest BCUT2D eigenvalue weighted by molar-refractivity contribution is 5.99. The minimum Gasteiger partial charge on any atom is -0.383 e. The molecule has 1 fully saturated rings. The molecule has 12 nitrogen and oxygen atoms in total. The number of nitrogens with two attached hydrogens (primary N) is 2. The summed E-state index contributed by atoms with van der Waals surface area (Å²) in [5, 5.41) is 12.6. The average Bonchev–Trinajstić information content (AvgIpc) is 3.65. The Morgan fingerprint density at radius 1 is 0.977 bits per heavy atom. The molecule has 2 aromatic carbocycles. The van der Waals surface area contributed by atoms with Crippen molar-refractivity contribution in [2.24, 2.45) is 5.73 Å². The Morgan fingerprint density at radius 3 is 2.34 bits per heavy atom. The summed E-state index contributed by atoms with van der Waals surface area (Å²) in [7, 11) is 0. The molecule has 1 amide bonds. The fourth-order valence-electron chi connectivity index (χ4n) is 5.40. The predicted molar refractivity (Wildman–Crippen MR) is 172 cm³/mol. The van der Waals surface area contributed by atoms with Gasteiger partial charge in [0.2, 0.25) is 5.91 Å². The van der Waals surface area contributed by atoms with E-state index in [0.717, 1.165) is 49.7 Å². The highest BCUT2D eigenvalue weighted by Gasteiger charge is 2.22. The number of aromatic nitrogens is 5. The molecule has 44 heavy (non-hydrogen) atoms. The van der Waals surface area contributed by atoms with Crippen molar-refractivity contribution in [1.82, 2.24) is 29.8 Å². The van der Waals surface area contributed by atoms with Crippen molar-refractivity contribution in [1.29, 1.82) is 0 Å². The van der Waals surface area contributed by atoms with Gasteiger partial charge in [-0.1, -0.05) is 38.1 Å². The van der Waals surface area contributed by atoms with Gasteiger partial charge in [0, 0.05) is 67.7 Å². The topological polar surface area (TPSA) is 157 Å². The summed E-state index contributed by atoms with van der Waals surface area (Å²) in [6.45, 7) is 11.7. The van der Waals surface area contributed by atoms with Crippen LogP contribution in [-0.2, 0) is 16.6 Å². The third-order valence-corrected chi connectivity index (χ3v) is 7.85. The number of fused-ring (bicyclic) bond motifs is 1. The molecule has 1 saturated heterocycles. The van der Waals surface area contributed by atoms with Crippen LogP contribution in [0.5, 0.6) is 0 Å². The van der Waals surface area contributed by atoms with Gasteiger partial charge in [0.05, 0.1) is 23.2 Å². The van der Waals surface area contributed by atoms with E-state index in [1.807, 2.05) is 51.1 Å². The third kappa shape index (κ3) is 6.12. The molecule has 5 N–H and O–H groups in total. The molecular formula is C32H38N10O2. The zero-order valence-corrected chi connectivity index (χ0v) is 25.3. The van der Waals surface area contributed by atoms with Gasteiger partial charge >= 0.3 is 0 Å². The van der Waals surface area contributed by atoms with Crippen LogP contribution in [0.3, 0.4) is 0 Å². The molecule has 0 aliphatic carbocycles. The molecule has 6 rings (SSSR count). The number of amides is 1. The Labute approximate surface area is 256 Å². The molecule has 3 aromatic heterocycles. The molecule has 1 aliphatic rings. The molecule has 0 unspecified atom stereocenters. The molecule has 0 spiro atoms. The van der Waals surface area contributed by atoms with E-state index < -0.39 is 0 Å². The molecule has 0 atom stereocenters. The summed E-state index contributed by atoms with van der Waals surface area (Å²) in [5.41, 5.74) is 17.3. The lowest BCUT2D eigenvalue weighted by Crippen LogP contribution is -2.47. The van der Waals surface area contributed by atoms with E-state index >= 15 is 0 Å². The number of anilines is 3. The number of carbonyl (C=O) groups excluding carboxylic acids is 1. The lowest BCUT2D eigenvalue weighted by atomic mass is 9.93. The Kier molecular flexibility index (Phi) is 8.02. The monoisotopic (exact) mass is 594 g/mol. The second kappa shape index (κ2) is 12.1. The molecule has 0 bridgehead atoms. The minimum atomic E-state index is -0.181. The summed E-state index contributed by atoms with van der Waals surface area (Å²) in [5.74, 6) is 0.926. The number of rotatable bonds is 8. The second-order valence-corrected chi connectivity index (χ2v) is 12.1. The summed E-state index contributed by atoms with van der Waals surface area (Å²) >= 11 is 0. The number of hydrogen-bond donors (Lipinski definition) is 3. The first kappa shape index (κ1) is 29.3. The van der Waals surface area contributed by atoms with Crippen molar-refractivity contribution in [2.75, 3.05) is 55.2 Å². The number of nitrogens with zero attached hydrogens (tertiary/aromatic N) is 7. The van der Waals surface area contributed by atoms with Crippen molar-refractivity contribution in [2.45, 2.75) is 32.6 Å². The minimum absolute atomic E-state index is 0.119. The van der Waals surface area contributed by atoms with E-state index in [1.165, 1.54) is 12.0 Å². The largest absolute Gasteiger partial charge is 0.383 e. The van der Waals surface area contributed by atoms with E-state index in [1.54, 1.807) is 4.68 Å². The SMILES string of the molecule is CC(C)(C)c1cc(CC(=O)Nc2ccc(-n3nc(-c4ccc(N5CCN(CCN)CC5)cc4)c4c(N)ncnc43)cc2)no1. The lowest BCUT2D eigenvalue weighted by Gasteiger charge is -2.36.